The molecule has 0 unspecified atom stereocenters. The summed E-state index contributed by atoms with van der Waals surface area (Å²) in [5, 5.41) is 1.40. The molecule has 0 aliphatic carbocycles. The van der Waals surface area contributed by atoms with Gasteiger partial charge in [-0.25, -0.2) is 14.8 Å². The molecule has 1 saturated heterocycles. The number of halogens is 1. The van der Waals surface area contributed by atoms with Crippen LogP contribution in [0.2, 0.25) is 5.15 Å². The first kappa shape index (κ1) is 17.4. The van der Waals surface area contributed by atoms with Gasteiger partial charge < -0.3 is 9.64 Å². The molecule has 0 atom stereocenters. The van der Waals surface area contributed by atoms with Gasteiger partial charge in [0.25, 0.3) is 0 Å². The maximum absolute atomic E-state index is 12.1. The van der Waals surface area contributed by atoms with Crippen LogP contribution in [-0.4, -0.2) is 52.7 Å². The van der Waals surface area contributed by atoms with Gasteiger partial charge in [-0.05, 0) is 25.3 Å². The summed E-state index contributed by atoms with van der Waals surface area (Å²) in [5.41, 5.74) is 0.719. The highest BCUT2D eigenvalue weighted by Gasteiger charge is 2.22. The second-order valence-electron chi connectivity index (χ2n) is 5.40. The van der Waals surface area contributed by atoms with Crippen molar-refractivity contribution >= 4 is 56.8 Å². The van der Waals surface area contributed by atoms with Crippen LogP contribution in [0.3, 0.4) is 0 Å². The molecular weight excluding hydrogens is 370 g/mol. The molecule has 0 saturated carbocycles. The highest BCUT2D eigenvalue weighted by molar-refractivity contribution is 7.99. The van der Waals surface area contributed by atoms with Crippen LogP contribution in [0.4, 0.5) is 0 Å². The smallest absolute Gasteiger partial charge is 0.348 e. The lowest BCUT2D eigenvalue weighted by Gasteiger charge is -2.14. The van der Waals surface area contributed by atoms with Crippen molar-refractivity contribution in [3.8, 4) is 0 Å². The molecule has 1 aliphatic heterocycles. The van der Waals surface area contributed by atoms with E-state index in [1.807, 2.05) is 4.90 Å². The van der Waals surface area contributed by atoms with Crippen LogP contribution in [-0.2, 0) is 9.53 Å². The number of hydrogen-bond donors (Lipinski definition) is 0. The van der Waals surface area contributed by atoms with E-state index in [1.165, 1.54) is 30.2 Å². The predicted molar refractivity (Wildman–Crippen MR) is 95.0 cm³/mol. The summed E-state index contributed by atoms with van der Waals surface area (Å²) in [4.78, 5) is 35.6. The van der Waals surface area contributed by atoms with E-state index in [0.717, 1.165) is 31.5 Å². The Morgan fingerprint density at radius 3 is 2.71 bits per heavy atom. The van der Waals surface area contributed by atoms with Crippen molar-refractivity contribution < 1.29 is 14.3 Å². The van der Waals surface area contributed by atoms with E-state index in [-0.39, 0.29) is 11.7 Å². The van der Waals surface area contributed by atoms with Crippen molar-refractivity contribution in [1.82, 2.24) is 14.9 Å². The summed E-state index contributed by atoms with van der Waals surface area (Å²) in [7, 11) is 1.34. The zero-order chi connectivity index (χ0) is 17.3. The number of rotatable bonds is 4. The molecular formula is C15H16ClN3O3S2. The molecule has 128 valence electrons. The fourth-order valence-corrected chi connectivity index (χ4v) is 4.93. The van der Waals surface area contributed by atoms with Crippen molar-refractivity contribution in [2.24, 2.45) is 0 Å². The third-order valence-corrected chi connectivity index (χ3v) is 6.15. The van der Waals surface area contributed by atoms with Gasteiger partial charge in [0, 0.05) is 13.1 Å². The van der Waals surface area contributed by atoms with E-state index >= 15 is 0 Å². The zero-order valence-electron chi connectivity index (χ0n) is 13.3. The van der Waals surface area contributed by atoms with Gasteiger partial charge in [0.2, 0.25) is 5.91 Å². The maximum atomic E-state index is 12.1. The molecule has 3 heterocycles. The number of thiophene rings is 1. The lowest BCUT2D eigenvalue weighted by molar-refractivity contribution is -0.127. The predicted octanol–water partition coefficient (Wildman–Crippen LogP) is 3.15. The molecule has 1 aliphatic rings. The number of aromatic nitrogens is 2. The number of thioether (sulfide) groups is 1. The van der Waals surface area contributed by atoms with E-state index < -0.39 is 5.97 Å². The molecule has 6 nitrogen and oxygen atoms in total. The minimum Gasteiger partial charge on any atom is -0.465 e. The van der Waals surface area contributed by atoms with Crippen LogP contribution >= 0.6 is 34.7 Å². The number of esters is 1. The molecule has 24 heavy (non-hydrogen) atoms. The number of hydrogen-bond acceptors (Lipinski definition) is 7. The van der Waals surface area contributed by atoms with Crippen molar-refractivity contribution in [3.05, 3.63) is 15.6 Å². The van der Waals surface area contributed by atoms with E-state index in [1.54, 1.807) is 6.92 Å². The molecule has 1 fully saturated rings. The highest BCUT2D eigenvalue weighted by Crippen LogP contribution is 2.35. The Kier molecular flexibility index (Phi) is 5.27. The number of methoxy groups -OCH3 is 1. The Labute approximate surface area is 152 Å². The molecule has 0 aromatic carbocycles. The Balaban J connectivity index is 1.82. The van der Waals surface area contributed by atoms with E-state index in [0.29, 0.717) is 25.4 Å². The van der Waals surface area contributed by atoms with Crippen LogP contribution in [0.15, 0.2) is 5.16 Å². The van der Waals surface area contributed by atoms with E-state index in [2.05, 4.69) is 9.97 Å². The van der Waals surface area contributed by atoms with Gasteiger partial charge in [-0.3, -0.25) is 4.79 Å². The van der Waals surface area contributed by atoms with Gasteiger partial charge in [0.05, 0.1) is 18.2 Å². The standard InChI is InChI=1S/C15H16ClN3O3S2/c1-8-10-12(16)17-15(18-13(10)24-11(8)14(21)22-2)23-7-9(20)19-5-3-4-6-19/h3-7H2,1-2H3. The number of carbonyl (C=O) groups is 2. The fraction of sp³-hybridized carbons (Fsp3) is 0.467. The lowest BCUT2D eigenvalue weighted by atomic mass is 10.2. The average Bonchev–Trinajstić information content (AvgIpc) is 3.20. The lowest BCUT2D eigenvalue weighted by Crippen LogP contribution is -2.29. The SMILES string of the molecule is COC(=O)c1sc2nc(SCC(=O)N3CCCC3)nc(Cl)c2c1C. The van der Waals surface area contributed by atoms with Crippen LogP contribution in [0.1, 0.15) is 28.1 Å². The Hall–Kier alpha value is -1.38. The summed E-state index contributed by atoms with van der Waals surface area (Å²) in [6.45, 7) is 3.45. The zero-order valence-corrected chi connectivity index (χ0v) is 15.7. The van der Waals surface area contributed by atoms with Crippen molar-refractivity contribution in [3.63, 3.8) is 0 Å². The van der Waals surface area contributed by atoms with Gasteiger partial charge >= 0.3 is 5.97 Å². The molecule has 1 amide bonds. The highest BCUT2D eigenvalue weighted by atomic mass is 35.5. The topological polar surface area (TPSA) is 72.4 Å². The molecule has 9 heteroatoms. The Morgan fingerprint density at radius 1 is 1.33 bits per heavy atom. The second kappa shape index (κ2) is 7.25. The maximum Gasteiger partial charge on any atom is 0.348 e. The average molecular weight is 386 g/mol. The molecule has 2 aromatic rings. The summed E-state index contributed by atoms with van der Waals surface area (Å²) in [6, 6.07) is 0. The number of carbonyl (C=O) groups excluding carboxylic acids is 2. The quantitative estimate of drug-likeness (QED) is 0.348. The number of nitrogens with zero attached hydrogens (tertiary/aromatic N) is 3. The van der Waals surface area contributed by atoms with Gasteiger partial charge in [0.1, 0.15) is 14.9 Å². The van der Waals surface area contributed by atoms with Gasteiger partial charge in [-0.2, -0.15) is 0 Å². The molecule has 0 bridgehead atoms. The summed E-state index contributed by atoms with van der Waals surface area (Å²) in [6.07, 6.45) is 2.13. The minimum absolute atomic E-state index is 0.0925. The van der Waals surface area contributed by atoms with Crippen LogP contribution in [0, 0.1) is 6.92 Å². The normalized spacial score (nSPS) is 14.4. The molecule has 0 spiro atoms. The van der Waals surface area contributed by atoms with Crippen molar-refractivity contribution in [2.45, 2.75) is 24.9 Å². The first-order valence-electron chi connectivity index (χ1n) is 7.46. The van der Waals surface area contributed by atoms with Crippen LogP contribution < -0.4 is 0 Å². The second-order valence-corrected chi connectivity index (χ2v) is 7.70. The number of aryl methyl sites for hydroxylation is 1. The molecule has 0 radical (unpaired) electrons. The molecule has 2 aromatic heterocycles. The van der Waals surface area contributed by atoms with E-state index in [4.69, 9.17) is 16.3 Å². The monoisotopic (exact) mass is 385 g/mol. The Bertz CT molecular complexity index is 803. The number of likely N-dealkylation sites (tertiary alicyclic amines) is 1. The summed E-state index contributed by atoms with van der Waals surface area (Å²) >= 11 is 8.76. The summed E-state index contributed by atoms with van der Waals surface area (Å²) in [5.74, 6) is -0.0318. The van der Waals surface area contributed by atoms with Crippen LogP contribution in [0.25, 0.3) is 10.2 Å². The summed E-state index contributed by atoms with van der Waals surface area (Å²) < 4.78 is 4.78. The molecule has 0 N–H and O–H groups in total. The fourth-order valence-electron chi connectivity index (χ4n) is 2.61. The third-order valence-electron chi connectivity index (χ3n) is 3.88. The number of ether oxygens (including phenoxy) is 1. The van der Waals surface area contributed by atoms with Gasteiger partial charge in [-0.1, -0.05) is 23.4 Å². The third kappa shape index (κ3) is 3.36. The van der Waals surface area contributed by atoms with Gasteiger partial charge in [0.15, 0.2) is 5.16 Å². The Morgan fingerprint density at radius 2 is 2.04 bits per heavy atom. The van der Waals surface area contributed by atoms with Crippen molar-refractivity contribution in [1.29, 1.82) is 0 Å². The number of fused-ring (bicyclic) bond motifs is 1. The van der Waals surface area contributed by atoms with Gasteiger partial charge in [-0.15, -0.1) is 11.3 Å². The van der Waals surface area contributed by atoms with E-state index in [9.17, 15) is 9.59 Å². The first-order valence-corrected chi connectivity index (χ1v) is 9.64. The number of amides is 1. The van der Waals surface area contributed by atoms with Crippen molar-refractivity contribution in [2.75, 3.05) is 26.0 Å². The largest absolute Gasteiger partial charge is 0.465 e. The minimum atomic E-state index is -0.412. The van der Waals surface area contributed by atoms with Crippen LogP contribution in [0.5, 0.6) is 0 Å². The molecule has 3 rings (SSSR count). The first-order chi connectivity index (χ1) is 11.5.